The molecule has 20 heavy (non-hydrogen) atoms. The van der Waals surface area contributed by atoms with Gasteiger partial charge in [0.1, 0.15) is 0 Å². The van der Waals surface area contributed by atoms with E-state index < -0.39 is 0 Å². The molecule has 0 atom stereocenters. The van der Waals surface area contributed by atoms with Gasteiger partial charge >= 0.3 is 0 Å². The van der Waals surface area contributed by atoms with Crippen LogP contribution in [0.1, 0.15) is 15.9 Å². The Morgan fingerprint density at radius 1 is 1.35 bits per heavy atom. The smallest absolute Gasteiger partial charge is 0.257 e. The Bertz CT molecular complexity index is 791. The number of hydrogen-bond acceptors (Lipinski definition) is 3. The number of carbonyl (C=O) groups is 1. The SMILES string of the molecule is Cc1ccncc1NC(=O)c1c[nH]c2cc(N)ccc12. The van der Waals surface area contributed by atoms with E-state index in [-0.39, 0.29) is 5.91 Å². The lowest BCUT2D eigenvalue weighted by molar-refractivity contribution is 0.102. The maximum absolute atomic E-state index is 12.3. The predicted molar refractivity (Wildman–Crippen MR) is 79.6 cm³/mol. The van der Waals surface area contributed by atoms with Crippen molar-refractivity contribution >= 4 is 28.2 Å². The van der Waals surface area contributed by atoms with E-state index in [2.05, 4.69) is 15.3 Å². The number of nitrogens with one attached hydrogen (secondary N) is 2. The highest BCUT2D eigenvalue weighted by Gasteiger charge is 2.13. The standard InChI is InChI=1S/C15H14N4O/c1-9-4-5-17-8-14(9)19-15(20)12-7-18-13-6-10(16)2-3-11(12)13/h2-8,18H,16H2,1H3,(H,19,20). The fourth-order valence-electron chi connectivity index (χ4n) is 2.12. The number of benzene rings is 1. The summed E-state index contributed by atoms with van der Waals surface area (Å²) in [5.74, 6) is -0.169. The monoisotopic (exact) mass is 266 g/mol. The fraction of sp³-hybridized carbons (Fsp3) is 0.0667. The van der Waals surface area contributed by atoms with E-state index in [9.17, 15) is 4.79 Å². The number of aryl methyl sites for hydroxylation is 1. The van der Waals surface area contributed by atoms with Gasteiger partial charge in [-0.05, 0) is 36.8 Å². The van der Waals surface area contributed by atoms with Crippen molar-refractivity contribution in [2.45, 2.75) is 6.92 Å². The number of aromatic amines is 1. The van der Waals surface area contributed by atoms with Crippen LogP contribution >= 0.6 is 0 Å². The summed E-state index contributed by atoms with van der Waals surface area (Å²) in [7, 11) is 0. The first-order chi connectivity index (χ1) is 9.65. The third-order valence-electron chi connectivity index (χ3n) is 3.24. The predicted octanol–water partition coefficient (Wildman–Crippen LogP) is 2.71. The Hall–Kier alpha value is -2.82. The number of hydrogen-bond donors (Lipinski definition) is 3. The van der Waals surface area contributed by atoms with Crippen molar-refractivity contribution in [3.05, 3.63) is 54.0 Å². The Morgan fingerprint density at radius 2 is 2.20 bits per heavy atom. The van der Waals surface area contributed by atoms with Crippen molar-refractivity contribution in [2.75, 3.05) is 11.1 Å². The molecule has 100 valence electrons. The quantitative estimate of drug-likeness (QED) is 0.623. The number of amides is 1. The topological polar surface area (TPSA) is 83.8 Å². The van der Waals surface area contributed by atoms with Gasteiger partial charge in [0.25, 0.3) is 5.91 Å². The molecule has 0 aliphatic carbocycles. The number of pyridine rings is 1. The lowest BCUT2D eigenvalue weighted by atomic mass is 10.1. The third kappa shape index (κ3) is 2.09. The zero-order valence-electron chi connectivity index (χ0n) is 11.0. The number of nitrogens with two attached hydrogens (primary N) is 1. The number of anilines is 2. The van der Waals surface area contributed by atoms with E-state index in [0.29, 0.717) is 16.9 Å². The van der Waals surface area contributed by atoms with Gasteiger partial charge in [-0.15, -0.1) is 0 Å². The maximum Gasteiger partial charge on any atom is 0.257 e. The van der Waals surface area contributed by atoms with Crippen LogP contribution in [0.15, 0.2) is 42.9 Å². The highest BCUT2D eigenvalue weighted by Crippen LogP contribution is 2.22. The number of aromatic nitrogens is 2. The van der Waals surface area contributed by atoms with Crippen LogP contribution in [0.3, 0.4) is 0 Å². The number of fused-ring (bicyclic) bond motifs is 1. The molecular formula is C15H14N4O. The third-order valence-corrected chi connectivity index (χ3v) is 3.24. The summed E-state index contributed by atoms with van der Waals surface area (Å²) in [6.07, 6.45) is 5.02. The number of nitrogens with zero attached hydrogens (tertiary/aromatic N) is 1. The van der Waals surface area contributed by atoms with Gasteiger partial charge in [0.15, 0.2) is 0 Å². The van der Waals surface area contributed by atoms with Crippen molar-refractivity contribution in [1.82, 2.24) is 9.97 Å². The van der Waals surface area contributed by atoms with Gasteiger partial charge < -0.3 is 16.0 Å². The van der Waals surface area contributed by atoms with Crippen LogP contribution in [0.5, 0.6) is 0 Å². The summed E-state index contributed by atoms with van der Waals surface area (Å²) in [5.41, 5.74) is 9.50. The van der Waals surface area contributed by atoms with Crippen LogP contribution in [-0.4, -0.2) is 15.9 Å². The van der Waals surface area contributed by atoms with E-state index in [0.717, 1.165) is 16.5 Å². The van der Waals surface area contributed by atoms with Crippen LogP contribution < -0.4 is 11.1 Å². The van der Waals surface area contributed by atoms with E-state index in [4.69, 9.17) is 5.73 Å². The molecule has 0 bridgehead atoms. The lowest BCUT2D eigenvalue weighted by Crippen LogP contribution is -2.12. The first-order valence-electron chi connectivity index (χ1n) is 6.24. The molecule has 4 N–H and O–H groups in total. The van der Waals surface area contributed by atoms with Crippen molar-refractivity contribution < 1.29 is 4.79 Å². The second kappa shape index (κ2) is 4.70. The second-order valence-corrected chi connectivity index (χ2v) is 4.65. The van der Waals surface area contributed by atoms with Crippen LogP contribution in [0, 0.1) is 6.92 Å². The molecule has 1 aromatic carbocycles. The van der Waals surface area contributed by atoms with E-state index in [1.807, 2.05) is 19.1 Å². The summed E-state index contributed by atoms with van der Waals surface area (Å²) in [5, 5.41) is 3.71. The van der Waals surface area contributed by atoms with Gasteiger partial charge in [0.05, 0.1) is 17.4 Å². The molecule has 0 spiro atoms. The Kier molecular flexibility index (Phi) is 2.87. The number of rotatable bonds is 2. The number of H-pyrrole nitrogens is 1. The van der Waals surface area contributed by atoms with E-state index in [1.54, 1.807) is 30.7 Å². The van der Waals surface area contributed by atoms with Crippen LogP contribution in [0.4, 0.5) is 11.4 Å². The average Bonchev–Trinajstić information content (AvgIpc) is 2.84. The van der Waals surface area contributed by atoms with Crippen LogP contribution in [0.2, 0.25) is 0 Å². The highest BCUT2D eigenvalue weighted by molar-refractivity contribution is 6.13. The van der Waals surface area contributed by atoms with Gasteiger partial charge in [-0.3, -0.25) is 9.78 Å². The van der Waals surface area contributed by atoms with Crippen molar-refractivity contribution in [3.63, 3.8) is 0 Å². The molecule has 2 aromatic heterocycles. The molecule has 0 aliphatic heterocycles. The molecule has 0 radical (unpaired) electrons. The molecule has 0 fully saturated rings. The molecule has 3 rings (SSSR count). The van der Waals surface area contributed by atoms with Crippen LogP contribution in [0.25, 0.3) is 10.9 Å². The minimum Gasteiger partial charge on any atom is -0.399 e. The van der Waals surface area contributed by atoms with Gasteiger partial charge in [-0.2, -0.15) is 0 Å². The van der Waals surface area contributed by atoms with Gasteiger partial charge in [0, 0.05) is 29.0 Å². The van der Waals surface area contributed by atoms with E-state index >= 15 is 0 Å². The van der Waals surface area contributed by atoms with Crippen molar-refractivity contribution in [2.24, 2.45) is 0 Å². The minimum absolute atomic E-state index is 0.169. The minimum atomic E-state index is -0.169. The fourth-order valence-corrected chi connectivity index (χ4v) is 2.12. The molecular weight excluding hydrogens is 252 g/mol. The van der Waals surface area contributed by atoms with E-state index in [1.165, 1.54) is 0 Å². The number of nitrogen functional groups attached to an aromatic ring is 1. The Balaban J connectivity index is 1.95. The molecule has 2 heterocycles. The van der Waals surface area contributed by atoms with Crippen LogP contribution in [-0.2, 0) is 0 Å². The summed E-state index contributed by atoms with van der Waals surface area (Å²) in [4.78, 5) is 19.4. The Labute approximate surface area is 115 Å². The number of carbonyl (C=O) groups excluding carboxylic acids is 1. The van der Waals surface area contributed by atoms with Gasteiger partial charge in [-0.25, -0.2) is 0 Å². The average molecular weight is 266 g/mol. The van der Waals surface area contributed by atoms with Crippen molar-refractivity contribution in [3.8, 4) is 0 Å². The molecule has 1 amide bonds. The Morgan fingerprint density at radius 3 is 3.00 bits per heavy atom. The summed E-state index contributed by atoms with van der Waals surface area (Å²) >= 11 is 0. The molecule has 0 saturated carbocycles. The first-order valence-corrected chi connectivity index (χ1v) is 6.24. The summed E-state index contributed by atoms with van der Waals surface area (Å²) < 4.78 is 0. The molecule has 5 nitrogen and oxygen atoms in total. The highest BCUT2D eigenvalue weighted by atomic mass is 16.1. The summed E-state index contributed by atoms with van der Waals surface area (Å²) in [6, 6.07) is 7.28. The zero-order valence-corrected chi connectivity index (χ0v) is 11.0. The molecule has 0 saturated heterocycles. The van der Waals surface area contributed by atoms with Gasteiger partial charge in [0.2, 0.25) is 0 Å². The molecule has 5 heteroatoms. The molecule has 0 aliphatic rings. The maximum atomic E-state index is 12.3. The molecule has 0 unspecified atom stereocenters. The zero-order chi connectivity index (χ0) is 14.1. The largest absolute Gasteiger partial charge is 0.399 e. The second-order valence-electron chi connectivity index (χ2n) is 4.65. The summed E-state index contributed by atoms with van der Waals surface area (Å²) in [6.45, 7) is 1.92. The van der Waals surface area contributed by atoms with Crippen molar-refractivity contribution in [1.29, 1.82) is 0 Å². The van der Waals surface area contributed by atoms with Gasteiger partial charge in [-0.1, -0.05) is 0 Å². The normalized spacial score (nSPS) is 10.7. The first kappa shape index (κ1) is 12.2. The molecule has 3 aromatic rings. The lowest BCUT2D eigenvalue weighted by Gasteiger charge is -2.06.